The van der Waals surface area contributed by atoms with Gasteiger partial charge in [-0.15, -0.1) is 0 Å². The molecule has 206 valence electrons. The first-order valence-electron chi connectivity index (χ1n) is 14.5. The molecule has 0 spiro atoms. The summed E-state index contributed by atoms with van der Waals surface area (Å²) >= 11 is 0. The Morgan fingerprint density at radius 1 is 0.829 bits per heavy atom. The highest BCUT2D eigenvalue weighted by molar-refractivity contribution is 5.97. The van der Waals surface area contributed by atoms with E-state index in [2.05, 4.69) is 71.2 Å². The number of fused-ring (bicyclic) bond motifs is 2. The second kappa shape index (κ2) is 10.2. The number of ether oxygens (including phenoxy) is 2. The molecule has 1 saturated carbocycles. The second-order valence-corrected chi connectivity index (χ2v) is 11.2. The van der Waals surface area contributed by atoms with Gasteiger partial charge in [-0.3, -0.25) is 0 Å². The van der Waals surface area contributed by atoms with E-state index in [-0.39, 0.29) is 5.97 Å². The van der Waals surface area contributed by atoms with Crippen LogP contribution in [0.4, 0.5) is 5.69 Å². The van der Waals surface area contributed by atoms with Gasteiger partial charge >= 0.3 is 5.97 Å². The molecule has 7 rings (SSSR count). The number of benzene rings is 3. The quantitative estimate of drug-likeness (QED) is 0.220. The highest BCUT2D eigenvalue weighted by atomic mass is 16.6. The molecule has 0 saturated heterocycles. The molecule has 2 aliphatic rings. The van der Waals surface area contributed by atoms with E-state index in [0.29, 0.717) is 17.4 Å². The van der Waals surface area contributed by atoms with Crippen LogP contribution in [0.1, 0.15) is 65.0 Å². The summed E-state index contributed by atoms with van der Waals surface area (Å²) in [5.74, 6) is 0.340. The Bertz CT molecular complexity index is 1750. The maximum absolute atomic E-state index is 13.7. The molecule has 1 unspecified atom stereocenters. The van der Waals surface area contributed by atoms with Crippen LogP contribution < -0.4 is 10.1 Å². The summed E-state index contributed by atoms with van der Waals surface area (Å²) < 4.78 is 15.0. The number of pyridine rings is 1. The number of nitrogens with one attached hydrogen (secondary N) is 1. The number of aryl methyl sites for hydroxylation is 1. The van der Waals surface area contributed by atoms with Gasteiger partial charge in [-0.05, 0) is 61.7 Å². The molecule has 3 heterocycles. The third-order valence-corrected chi connectivity index (χ3v) is 8.73. The molecule has 0 amide bonds. The first-order valence-corrected chi connectivity index (χ1v) is 14.5. The van der Waals surface area contributed by atoms with Crippen molar-refractivity contribution in [3.63, 3.8) is 0 Å². The number of cyclic esters (lactones) is 1. The van der Waals surface area contributed by atoms with Crippen LogP contribution in [0.2, 0.25) is 0 Å². The van der Waals surface area contributed by atoms with Crippen LogP contribution >= 0.6 is 0 Å². The van der Waals surface area contributed by atoms with Crippen LogP contribution in [0.25, 0.3) is 16.6 Å². The number of esters is 1. The van der Waals surface area contributed by atoms with E-state index in [1.54, 1.807) is 7.11 Å². The highest BCUT2D eigenvalue weighted by Gasteiger charge is 2.53. The number of hydrogen-bond acceptors (Lipinski definition) is 4. The minimum absolute atomic E-state index is 0.338. The summed E-state index contributed by atoms with van der Waals surface area (Å²) in [4.78, 5) is 13.7. The normalized spacial score (nSPS) is 18.7. The molecule has 5 nitrogen and oxygen atoms in total. The molecule has 5 aromatic rings. The van der Waals surface area contributed by atoms with E-state index < -0.39 is 5.60 Å². The molecular weight excluding hydrogens is 508 g/mol. The van der Waals surface area contributed by atoms with E-state index in [1.807, 2.05) is 42.5 Å². The van der Waals surface area contributed by atoms with E-state index >= 15 is 0 Å². The molecule has 0 radical (unpaired) electrons. The number of anilines is 1. The largest absolute Gasteiger partial charge is 0.496 e. The lowest BCUT2D eigenvalue weighted by atomic mass is 9.79. The van der Waals surface area contributed by atoms with Gasteiger partial charge in [0, 0.05) is 45.7 Å². The Balaban J connectivity index is 1.52. The zero-order valence-corrected chi connectivity index (χ0v) is 23.5. The van der Waals surface area contributed by atoms with Gasteiger partial charge in [-0.25, -0.2) is 4.79 Å². The maximum atomic E-state index is 13.7. The monoisotopic (exact) mass is 542 g/mol. The van der Waals surface area contributed by atoms with Crippen molar-refractivity contribution in [2.45, 2.75) is 50.7 Å². The third kappa shape index (κ3) is 4.10. The number of carbonyl (C=O) groups is 1. The Kier molecular flexibility index (Phi) is 6.30. The predicted molar refractivity (Wildman–Crippen MR) is 163 cm³/mol. The lowest BCUT2D eigenvalue weighted by Crippen LogP contribution is -2.33. The van der Waals surface area contributed by atoms with Gasteiger partial charge in [0.25, 0.3) is 0 Å². The number of carbonyl (C=O) groups excluding carboxylic acids is 1. The van der Waals surface area contributed by atoms with Gasteiger partial charge in [0.05, 0.1) is 18.4 Å². The molecule has 1 atom stereocenters. The predicted octanol–water partition coefficient (Wildman–Crippen LogP) is 8.13. The average molecular weight is 543 g/mol. The molecule has 41 heavy (non-hydrogen) atoms. The summed E-state index contributed by atoms with van der Waals surface area (Å²) in [7, 11) is 1.69. The van der Waals surface area contributed by atoms with Gasteiger partial charge in [-0.1, -0.05) is 73.9 Å². The number of aromatic nitrogens is 1. The molecule has 1 N–H and O–H groups in total. The SMILES string of the molecule is COc1cc(NC2CCCCC2)ccc1C1(c2c(-c3ccccc3)cc3cccc(C)n23)OC(=O)c2ccccc21. The molecule has 3 aromatic carbocycles. The van der Waals surface area contributed by atoms with Crippen LogP contribution in [0, 0.1) is 6.92 Å². The van der Waals surface area contributed by atoms with Gasteiger partial charge in [0.2, 0.25) is 5.60 Å². The van der Waals surface area contributed by atoms with E-state index in [1.165, 1.54) is 32.1 Å². The van der Waals surface area contributed by atoms with Crippen molar-refractivity contribution < 1.29 is 14.3 Å². The first kappa shape index (κ1) is 25.5. The molecule has 1 aliphatic carbocycles. The van der Waals surface area contributed by atoms with Crippen molar-refractivity contribution in [1.82, 2.24) is 4.40 Å². The second-order valence-electron chi connectivity index (χ2n) is 11.2. The first-order chi connectivity index (χ1) is 20.1. The molecule has 5 heteroatoms. The Morgan fingerprint density at radius 3 is 2.41 bits per heavy atom. The third-order valence-electron chi connectivity index (χ3n) is 8.73. The molecule has 0 bridgehead atoms. The lowest BCUT2D eigenvalue weighted by Gasteiger charge is -2.33. The van der Waals surface area contributed by atoms with Crippen molar-refractivity contribution in [2.75, 3.05) is 12.4 Å². The summed E-state index contributed by atoms with van der Waals surface area (Å²) in [5.41, 5.74) is 7.02. The van der Waals surface area contributed by atoms with Gasteiger partial charge in [-0.2, -0.15) is 0 Å². The summed E-state index contributed by atoms with van der Waals surface area (Å²) in [6.45, 7) is 2.09. The minimum Gasteiger partial charge on any atom is -0.496 e. The molecule has 2 aromatic heterocycles. The molecule has 1 fully saturated rings. The Labute approximate surface area is 240 Å². The molecular formula is C36H34N2O3. The fourth-order valence-corrected chi connectivity index (χ4v) is 6.85. The van der Waals surface area contributed by atoms with Gasteiger partial charge < -0.3 is 19.2 Å². The average Bonchev–Trinajstić information content (AvgIpc) is 3.55. The fourth-order valence-electron chi connectivity index (χ4n) is 6.85. The zero-order chi connectivity index (χ0) is 28.0. The van der Waals surface area contributed by atoms with Crippen molar-refractivity contribution in [3.8, 4) is 16.9 Å². The lowest BCUT2D eigenvalue weighted by molar-refractivity contribution is 0.0231. The van der Waals surface area contributed by atoms with Crippen LogP contribution in [-0.4, -0.2) is 23.5 Å². The summed E-state index contributed by atoms with van der Waals surface area (Å²) in [6.07, 6.45) is 6.17. The van der Waals surface area contributed by atoms with Crippen LogP contribution in [0.15, 0.2) is 97.1 Å². The van der Waals surface area contributed by atoms with E-state index in [4.69, 9.17) is 9.47 Å². The zero-order valence-electron chi connectivity index (χ0n) is 23.5. The van der Waals surface area contributed by atoms with Gasteiger partial charge in [0.1, 0.15) is 5.75 Å². The number of nitrogens with zero attached hydrogens (tertiary/aromatic N) is 1. The number of methoxy groups -OCH3 is 1. The summed E-state index contributed by atoms with van der Waals surface area (Å²) in [6, 6.07) is 33.2. The maximum Gasteiger partial charge on any atom is 0.340 e. The van der Waals surface area contributed by atoms with Crippen LogP contribution in [0.5, 0.6) is 5.75 Å². The van der Waals surface area contributed by atoms with Crippen LogP contribution in [0.3, 0.4) is 0 Å². The highest BCUT2D eigenvalue weighted by Crippen LogP contribution is 2.53. The van der Waals surface area contributed by atoms with Crippen molar-refractivity contribution in [2.24, 2.45) is 0 Å². The van der Waals surface area contributed by atoms with Crippen molar-refractivity contribution >= 4 is 17.2 Å². The van der Waals surface area contributed by atoms with E-state index in [9.17, 15) is 4.79 Å². The topological polar surface area (TPSA) is 52.0 Å². The van der Waals surface area contributed by atoms with E-state index in [0.717, 1.165) is 44.8 Å². The van der Waals surface area contributed by atoms with Gasteiger partial charge in [0.15, 0.2) is 0 Å². The van der Waals surface area contributed by atoms with Crippen molar-refractivity contribution in [3.05, 3.63) is 125 Å². The minimum atomic E-state index is -1.23. The number of hydrogen-bond donors (Lipinski definition) is 1. The van der Waals surface area contributed by atoms with Crippen molar-refractivity contribution in [1.29, 1.82) is 0 Å². The standard InChI is InChI=1S/C36H34N2O3/c1-24-12-11-17-28-23-30(25-13-5-3-6-14-25)34(38(24)28)36(31-19-10-9-18-29(31)35(39)41-36)32-21-20-27(22-33(32)40-2)37-26-15-7-4-8-16-26/h3,5-6,9-14,17-23,26,37H,4,7-8,15-16H2,1-2H3. The Hall–Kier alpha value is -4.51. The summed E-state index contributed by atoms with van der Waals surface area (Å²) in [5, 5.41) is 3.73. The van der Waals surface area contributed by atoms with Crippen LogP contribution in [-0.2, 0) is 10.3 Å². The molecule has 1 aliphatic heterocycles. The number of rotatable bonds is 6. The smallest absolute Gasteiger partial charge is 0.340 e. The Morgan fingerprint density at radius 2 is 1.61 bits per heavy atom. The fraction of sp³-hybridized carbons (Fsp3) is 0.250.